The zero-order valence-electron chi connectivity index (χ0n) is 10.6. The summed E-state index contributed by atoms with van der Waals surface area (Å²) < 4.78 is 5.90. The lowest BCUT2D eigenvalue weighted by atomic mass is 9.99. The molecule has 2 atom stereocenters. The Kier molecular flexibility index (Phi) is 3.89. The van der Waals surface area contributed by atoms with Gasteiger partial charge in [0, 0.05) is 12.1 Å². The average Bonchev–Trinajstić information content (AvgIpc) is 2.29. The zero-order chi connectivity index (χ0) is 12.3. The van der Waals surface area contributed by atoms with Gasteiger partial charge in [-0.05, 0) is 45.5 Å². The molecule has 94 valence electrons. The van der Waals surface area contributed by atoms with E-state index in [4.69, 9.17) is 4.74 Å². The maximum absolute atomic E-state index is 9.40. The number of rotatable bonds is 3. The Morgan fingerprint density at radius 2 is 2.24 bits per heavy atom. The maximum atomic E-state index is 9.40. The van der Waals surface area contributed by atoms with Crippen LogP contribution in [0.25, 0.3) is 0 Å². The second-order valence-electron chi connectivity index (χ2n) is 4.86. The predicted molar refractivity (Wildman–Crippen MR) is 68.5 cm³/mol. The van der Waals surface area contributed by atoms with Gasteiger partial charge in [-0.2, -0.15) is 0 Å². The summed E-state index contributed by atoms with van der Waals surface area (Å²) in [4.78, 5) is 2.37. The first-order chi connectivity index (χ1) is 8.16. The normalized spacial score (nSPS) is 23.3. The number of ether oxygens (including phenoxy) is 1. The molecule has 0 saturated carbocycles. The van der Waals surface area contributed by atoms with E-state index in [1.165, 1.54) is 19.3 Å². The first-order valence-corrected chi connectivity index (χ1v) is 6.33. The molecular formula is C14H21NO2. The third-order valence-electron chi connectivity index (χ3n) is 3.51. The first-order valence-electron chi connectivity index (χ1n) is 6.33. The molecule has 1 fully saturated rings. The van der Waals surface area contributed by atoms with Gasteiger partial charge in [-0.25, -0.2) is 0 Å². The van der Waals surface area contributed by atoms with E-state index < -0.39 is 0 Å². The monoisotopic (exact) mass is 235 g/mol. The molecule has 1 aliphatic heterocycles. The van der Waals surface area contributed by atoms with E-state index in [0.717, 1.165) is 12.3 Å². The molecule has 0 spiro atoms. The standard InChI is InChI=1S/C14H21NO2/c1-11(14-8-3-4-9-15(14)2)17-13-7-5-6-12(16)10-13/h5-7,10-11,14,16H,3-4,8-9H2,1-2H3. The molecule has 0 bridgehead atoms. The van der Waals surface area contributed by atoms with Crippen molar-refractivity contribution < 1.29 is 9.84 Å². The van der Waals surface area contributed by atoms with Crippen molar-refractivity contribution in [3.8, 4) is 11.5 Å². The lowest BCUT2D eigenvalue weighted by Gasteiger charge is -2.36. The van der Waals surface area contributed by atoms with Crippen molar-refractivity contribution in [1.82, 2.24) is 4.90 Å². The van der Waals surface area contributed by atoms with Crippen LogP contribution in [0.3, 0.4) is 0 Å². The van der Waals surface area contributed by atoms with Crippen molar-refractivity contribution in [2.45, 2.75) is 38.3 Å². The summed E-state index contributed by atoms with van der Waals surface area (Å²) in [6, 6.07) is 7.50. The summed E-state index contributed by atoms with van der Waals surface area (Å²) in [5.41, 5.74) is 0. The molecule has 2 unspecified atom stereocenters. The summed E-state index contributed by atoms with van der Waals surface area (Å²) in [6.07, 6.45) is 3.91. The minimum atomic E-state index is 0.155. The molecule has 1 saturated heterocycles. The van der Waals surface area contributed by atoms with Crippen LogP contribution in [0.15, 0.2) is 24.3 Å². The molecule has 0 amide bonds. The summed E-state index contributed by atoms with van der Waals surface area (Å²) in [6.45, 7) is 3.26. The molecule has 1 aromatic carbocycles. The highest BCUT2D eigenvalue weighted by Gasteiger charge is 2.25. The number of piperidine rings is 1. The van der Waals surface area contributed by atoms with Crippen LogP contribution in [0, 0.1) is 0 Å². The van der Waals surface area contributed by atoms with Gasteiger partial charge >= 0.3 is 0 Å². The molecule has 17 heavy (non-hydrogen) atoms. The summed E-state index contributed by atoms with van der Waals surface area (Å²) >= 11 is 0. The summed E-state index contributed by atoms with van der Waals surface area (Å²) in [5, 5.41) is 9.40. The van der Waals surface area contributed by atoms with Crippen molar-refractivity contribution in [1.29, 1.82) is 0 Å². The Morgan fingerprint density at radius 3 is 2.94 bits per heavy atom. The summed E-state index contributed by atoms with van der Waals surface area (Å²) in [5.74, 6) is 1.00. The van der Waals surface area contributed by atoms with E-state index in [2.05, 4.69) is 18.9 Å². The summed E-state index contributed by atoms with van der Waals surface area (Å²) in [7, 11) is 2.16. The van der Waals surface area contributed by atoms with Crippen molar-refractivity contribution in [2.24, 2.45) is 0 Å². The Labute approximate surface area is 103 Å². The Hall–Kier alpha value is -1.22. The molecule has 3 nitrogen and oxygen atoms in total. The Morgan fingerprint density at radius 1 is 1.41 bits per heavy atom. The lowest BCUT2D eigenvalue weighted by molar-refractivity contribution is 0.0684. The number of benzene rings is 1. The third-order valence-corrected chi connectivity index (χ3v) is 3.51. The van der Waals surface area contributed by atoms with Crippen LogP contribution >= 0.6 is 0 Å². The van der Waals surface area contributed by atoms with Gasteiger partial charge in [0.1, 0.15) is 17.6 Å². The fourth-order valence-electron chi connectivity index (χ4n) is 2.54. The highest BCUT2D eigenvalue weighted by Crippen LogP contribution is 2.24. The number of likely N-dealkylation sites (N-methyl/N-ethyl adjacent to an activating group) is 1. The molecule has 0 radical (unpaired) electrons. The number of hydrogen-bond acceptors (Lipinski definition) is 3. The maximum Gasteiger partial charge on any atom is 0.123 e. The number of phenolic OH excluding ortho intramolecular Hbond substituents is 1. The van der Waals surface area contributed by atoms with Crippen molar-refractivity contribution in [3.05, 3.63) is 24.3 Å². The van der Waals surface area contributed by atoms with Crippen molar-refractivity contribution in [3.63, 3.8) is 0 Å². The number of hydrogen-bond donors (Lipinski definition) is 1. The van der Waals surface area contributed by atoms with Gasteiger partial charge in [-0.15, -0.1) is 0 Å². The van der Waals surface area contributed by atoms with E-state index in [1.54, 1.807) is 12.1 Å². The number of phenols is 1. The van der Waals surface area contributed by atoms with Crippen LogP contribution in [-0.4, -0.2) is 35.7 Å². The lowest BCUT2D eigenvalue weighted by Crippen LogP contribution is -2.45. The van der Waals surface area contributed by atoms with Gasteiger partial charge in [0.2, 0.25) is 0 Å². The van der Waals surface area contributed by atoms with Crippen molar-refractivity contribution >= 4 is 0 Å². The zero-order valence-corrected chi connectivity index (χ0v) is 10.6. The third kappa shape index (κ3) is 3.13. The Bertz CT molecular complexity index is 367. The van der Waals surface area contributed by atoms with Crippen LogP contribution in [0.5, 0.6) is 11.5 Å². The fraction of sp³-hybridized carbons (Fsp3) is 0.571. The molecule has 0 aromatic heterocycles. The molecule has 2 rings (SSSR count). The molecule has 1 aromatic rings. The number of nitrogens with zero attached hydrogens (tertiary/aromatic N) is 1. The largest absolute Gasteiger partial charge is 0.508 e. The van der Waals surface area contributed by atoms with E-state index in [1.807, 2.05) is 12.1 Å². The average molecular weight is 235 g/mol. The molecule has 1 heterocycles. The van der Waals surface area contributed by atoms with E-state index >= 15 is 0 Å². The topological polar surface area (TPSA) is 32.7 Å². The van der Waals surface area contributed by atoms with Gasteiger partial charge in [-0.3, -0.25) is 4.90 Å². The Balaban J connectivity index is 1.98. The van der Waals surface area contributed by atoms with Crippen LogP contribution in [-0.2, 0) is 0 Å². The van der Waals surface area contributed by atoms with Crippen molar-refractivity contribution in [2.75, 3.05) is 13.6 Å². The van der Waals surface area contributed by atoms with Gasteiger partial charge < -0.3 is 9.84 Å². The quantitative estimate of drug-likeness (QED) is 0.874. The van der Waals surface area contributed by atoms with Gasteiger partial charge in [0.05, 0.1) is 0 Å². The second-order valence-corrected chi connectivity index (χ2v) is 4.86. The highest BCUT2D eigenvalue weighted by atomic mass is 16.5. The first kappa shape index (κ1) is 12.2. The van der Waals surface area contributed by atoms with E-state index in [9.17, 15) is 5.11 Å². The van der Waals surface area contributed by atoms with Gasteiger partial charge in [0.25, 0.3) is 0 Å². The molecular weight excluding hydrogens is 214 g/mol. The number of likely N-dealkylation sites (tertiary alicyclic amines) is 1. The van der Waals surface area contributed by atoms with Gasteiger partial charge in [-0.1, -0.05) is 12.5 Å². The molecule has 3 heteroatoms. The van der Waals surface area contributed by atoms with Crippen LogP contribution in [0.1, 0.15) is 26.2 Å². The predicted octanol–water partition coefficient (Wildman–Crippen LogP) is 2.64. The van der Waals surface area contributed by atoms with Crippen LogP contribution in [0.4, 0.5) is 0 Å². The minimum Gasteiger partial charge on any atom is -0.508 e. The smallest absolute Gasteiger partial charge is 0.123 e. The minimum absolute atomic E-state index is 0.155. The number of aromatic hydroxyl groups is 1. The SMILES string of the molecule is CC(Oc1cccc(O)c1)C1CCCCN1C. The fourth-order valence-corrected chi connectivity index (χ4v) is 2.54. The van der Waals surface area contributed by atoms with Gasteiger partial charge in [0.15, 0.2) is 0 Å². The van der Waals surface area contributed by atoms with Crippen LogP contribution in [0.2, 0.25) is 0 Å². The van der Waals surface area contributed by atoms with E-state index in [0.29, 0.717) is 6.04 Å². The highest BCUT2D eigenvalue weighted by molar-refractivity contribution is 5.31. The molecule has 0 aliphatic carbocycles. The van der Waals surface area contributed by atoms with E-state index in [-0.39, 0.29) is 11.9 Å². The molecule has 1 aliphatic rings. The molecule has 1 N–H and O–H groups in total. The van der Waals surface area contributed by atoms with Crippen LogP contribution < -0.4 is 4.74 Å². The second kappa shape index (κ2) is 5.41.